The van der Waals surface area contributed by atoms with E-state index in [9.17, 15) is 4.79 Å². The predicted octanol–water partition coefficient (Wildman–Crippen LogP) is 0.109. The minimum Gasteiger partial charge on any atom is -0.381 e. The SMILES string of the molecule is CC(=O)NSC(C)O. The molecule has 1 unspecified atom stereocenters. The largest absolute Gasteiger partial charge is 0.381 e. The molecule has 4 heteroatoms. The summed E-state index contributed by atoms with van der Waals surface area (Å²) in [7, 11) is 0. The molecule has 0 rings (SSSR count). The van der Waals surface area contributed by atoms with Gasteiger partial charge < -0.3 is 5.11 Å². The van der Waals surface area contributed by atoms with Crippen molar-refractivity contribution in [3.05, 3.63) is 0 Å². The minimum atomic E-state index is -0.529. The summed E-state index contributed by atoms with van der Waals surface area (Å²) in [4.78, 5) is 10.1. The molecule has 2 N–H and O–H groups in total. The molecule has 3 nitrogen and oxygen atoms in total. The summed E-state index contributed by atoms with van der Waals surface area (Å²) in [5.74, 6) is -0.143. The fourth-order valence-corrected chi connectivity index (χ4v) is 0.505. The summed E-state index contributed by atoms with van der Waals surface area (Å²) in [6.07, 6.45) is 0. The van der Waals surface area contributed by atoms with Gasteiger partial charge in [0.15, 0.2) is 0 Å². The molecular weight excluding hydrogens is 126 g/mol. The van der Waals surface area contributed by atoms with Gasteiger partial charge in [-0.15, -0.1) is 0 Å². The molecule has 0 saturated heterocycles. The Balaban J connectivity index is 3.05. The molecule has 0 saturated carbocycles. The van der Waals surface area contributed by atoms with Gasteiger partial charge in [0.1, 0.15) is 5.44 Å². The summed E-state index contributed by atoms with van der Waals surface area (Å²) in [5.41, 5.74) is -0.529. The van der Waals surface area contributed by atoms with Crippen LogP contribution in [0.4, 0.5) is 0 Å². The Morgan fingerprint density at radius 2 is 2.38 bits per heavy atom. The molecule has 48 valence electrons. The predicted molar refractivity (Wildman–Crippen MR) is 33.1 cm³/mol. The van der Waals surface area contributed by atoms with Crippen LogP contribution in [0.15, 0.2) is 0 Å². The van der Waals surface area contributed by atoms with Crippen LogP contribution in [0.5, 0.6) is 0 Å². The zero-order valence-corrected chi connectivity index (χ0v) is 5.66. The Morgan fingerprint density at radius 3 is 2.50 bits per heavy atom. The molecule has 0 aliphatic heterocycles. The number of hydrogen-bond acceptors (Lipinski definition) is 3. The molecule has 0 aromatic heterocycles. The monoisotopic (exact) mass is 135 g/mol. The van der Waals surface area contributed by atoms with Crippen molar-refractivity contribution in [3.63, 3.8) is 0 Å². The first-order chi connectivity index (χ1) is 3.63. The van der Waals surface area contributed by atoms with Gasteiger partial charge in [0, 0.05) is 6.92 Å². The number of carbonyl (C=O) groups excluding carboxylic acids is 1. The van der Waals surface area contributed by atoms with Crippen molar-refractivity contribution in [2.75, 3.05) is 0 Å². The minimum absolute atomic E-state index is 0.143. The molecule has 0 aliphatic rings. The summed E-state index contributed by atoms with van der Waals surface area (Å²) in [5, 5.41) is 8.55. The summed E-state index contributed by atoms with van der Waals surface area (Å²) in [6, 6.07) is 0. The molecule has 0 bridgehead atoms. The van der Waals surface area contributed by atoms with Gasteiger partial charge >= 0.3 is 0 Å². The first-order valence-electron chi connectivity index (χ1n) is 2.23. The highest BCUT2D eigenvalue weighted by molar-refractivity contribution is 7.98. The second-order valence-corrected chi connectivity index (χ2v) is 2.50. The van der Waals surface area contributed by atoms with Crippen molar-refractivity contribution >= 4 is 17.9 Å². The van der Waals surface area contributed by atoms with E-state index in [-0.39, 0.29) is 5.91 Å². The molecule has 0 aliphatic carbocycles. The van der Waals surface area contributed by atoms with Gasteiger partial charge in [0.05, 0.1) is 0 Å². The number of carbonyl (C=O) groups is 1. The molecule has 0 radical (unpaired) electrons. The van der Waals surface area contributed by atoms with E-state index in [2.05, 4.69) is 4.72 Å². The second-order valence-electron chi connectivity index (χ2n) is 1.38. The first-order valence-corrected chi connectivity index (χ1v) is 3.11. The van der Waals surface area contributed by atoms with Crippen molar-refractivity contribution in [1.29, 1.82) is 0 Å². The zero-order valence-electron chi connectivity index (χ0n) is 4.84. The fraction of sp³-hybridized carbons (Fsp3) is 0.750. The number of aliphatic hydroxyl groups is 1. The molecule has 8 heavy (non-hydrogen) atoms. The van der Waals surface area contributed by atoms with Crippen LogP contribution in [0.2, 0.25) is 0 Å². The van der Waals surface area contributed by atoms with E-state index in [1.165, 1.54) is 6.92 Å². The molecular formula is C4H9NO2S. The third-order valence-electron chi connectivity index (χ3n) is 0.373. The maximum atomic E-state index is 10.1. The Kier molecular flexibility index (Phi) is 3.64. The maximum Gasteiger partial charge on any atom is 0.226 e. The van der Waals surface area contributed by atoms with Crippen molar-refractivity contribution in [2.24, 2.45) is 0 Å². The van der Waals surface area contributed by atoms with Gasteiger partial charge in [-0.3, -0.25) is 9.52 Å². The Hall–Kier alpha value is -0.220. The molecule has 0 aromatic rings. The lowest BCUT2D eigenvalue weighted by Gasteiger charge is -2.00. The van der Waals surface area contributed by atoms with Gasteiger partial charge in [-0.25, -0.2) is 0 Å². The topological polar surface area (TPSA) is 49.3 Å². The van der Waals surface area contributed by atoms with Crippen molar-refractivity contribution in [1.82, 2.24) is 4.72 Å². The third-order valence-corrected chi connectivity index (χ3v) is 1.12. The van der Waals surface area contributed by atoms with E-state index >= 15 is 0 Å². The normalized spacial score (nSPS) is 12.9. The summed E-state index contributed by atoms with van der Waals surface area (Å²) in [6.45, 7) is 2.98. The van der Waals surface area contributed by atoms with Crippen LogP contribution in [-0.4, -0.2) is 16.4 Å². The fourth-order valence-electron chi connectivity index (χ4n) is 0.168. The summed E-state index contributed by atoms with van der Waals surface area (Å²) < 4.78 is 2.37. The van der Waals surface area contributed by atoms with E-state index in [1.807, 2.05) is 0 Å². The quantitative estimate of drug-likeness (QED) is 0.417. The molecule has 0 aromatic carbocycles. The van der Waals surface area contributed by atoms with Crippen LogP contribution in [-0.2, 0) is 4.79 Å². The smallest absolute Gasteiger partial charge is 0.226 e. The van der Waals surface area contributed by atoms with E-state index in [1.54, 1.807) is 6.92 Å². The number of hydrogen-bond donors (Lipinski definition) is 2. The average molecular weight is 135 g/mol. The van der Waals surface area contributed by atoms with E-state index in [4.69, 9.17) is 5.11 Å². The van der Waals surface area contributed by atoms with Crippen LogP contribution in [0, 0.1) is 0 Å². The Bertz CT molecular complexity index is 84.1. The third kappa shape index (κ3) is 5.78. The highest BCUT2D eigenvalue weighted by Crippen LogP contribution is 1.98. The van der Waals surface area contributed by atoms with Crippen molar-refractivity contribution in [2.45, 2.75) is 19.3 Å². The highest BCUT2D eigenvalue weighted by atomic mass is 32.2. The van der Waals surface area contributed by atoms with E-state index in [0.29, 0.717) is 0 Å². The van der Waals surface area contributed by atoms with Crippen LogP contribution < -0.4 is 4.72 Å². The Morgan fingerprint density at radius 1 is 1.88 bits per heavy atom. The molecule has 0 heterocycles. The van der Waals surface area contributed by atoms with Gasteiger partial charge in [-0.2, -0.15) is 0 Å². The van der Waals surface area contributed by atoms with Crippen molar-refractivity contribution in [3.8, 4) is 0 Å². The summed E-state index contributed by atoms with van der Waals surface area (Å²) >= 11 is 0.995. The van der Waals surface area contributed by atoms with Gasteiger partial charge in [-0.1, -0.05) is 0 Å². The van der Waals surface area contributed by atoms with Crippen LogP contribution in [0.1, 0.15) is 13.8 Å². The highest BCUT2D eigenvalue weighted by Gasteiger charge is 1.94. The lowest BCUT2D eigenvalue weighted by atomic mass is 10.8. The zero-order chi connectivity index (χ0) is 6.57. The van der Waals surface area contributed by atoms with Gasteiger partial charge in [-0.05, 0) is 18.9 Å². The number of aliphatic hydroxyl groups excluding tert-OH is 1. The standard InChI is InChI=1S/C4H9NO2S/c1-3(6)5-8-4(2)7/h4,7H,1-2H3,(H,5,6). The van der Waals surface area contributed by atoms with Crippen molar-refractivity contribution < 1.29 is 9.90 Å². The molecule has 0 fully saturated rings. The lowest BCUT2D eigenvalue weighted by Crippen LogP contribution is -2.14. The number of amides is 1. The number of nitrogens with one attached hydrogen (secondary N) is 1. The number of rotatable bonds is 2. The maximum absolute atomic E-state index is 10.1. The van der Waals surface area contributed by atoms with Gasteiger partial charge in [0.25, 0.3) is 0 Å². The molecule has 0 spiro atoms. The molecule has 1 amide bonds. The van der Waals surface area contributed by atoms with Crippen LogP contribution >= 0.6 is 11.9 Å². The second kappa shape index (κ2) is 3.74. The molecule has 1 atom stereocenters. The van der Waals surface area contributed by atoms with E-state index < -0.39 is 5.44 Å². The van der Waals surface area contributed by atoms with Gasteiger partial charge in [0.2, 0.25) is 5.91 Å². The first kappa shape index (κ1) is 7.78. The van der Waals surface area contributed by atoms with Crippen LogP contribution in [0.25, 0.3) is 0 Å². The Labute approximate surface area is 52.6 Å². The van der Waals surface area contributed by atoms with Crippen LogP contribution in [0.3, 0.4) is 0 Å². The lowest BCUT2D eigenvalue weighted by molar-refractivity contribution is -0.117. The van der Waals surface area contributed by atoms with E-state index in [0.717, 1.165) is 11.9 Å². The average Bonchev–Trinajstić information content (AvgIpc) is 1.61.